The highest BCUT2D eigenvalue weighted by Crippen LogP contribution is 2.35. The summed E-state index contributed by atoms with van der Waals surface area (Å²) in [4.78, 5) is 27.2. The van der Waals surface area contributed by atoms with Crippen LogP contribution in [0.4, 0.5) is 8.78 Å². The Bertz CT molecular complexity index is 760. The lowest BCUT2D eigenvalue weighted by atomic mass is 10.0. The molecule has 2 heterocycles. The van der Waals surface area contributed by atoms with Crippen LogP contribution in [0.3, 0.4) is 0 Å². The third-order valence-corrected chi connectivity index (χ3v) is 3.92. The Morgan fingerprint density at radius 3 is 2.78 bits per heavy atom. The van der Waals surface area contributed by atoms with Gasteiger partial charge in [0.1, 0.15) is 17.3 Å². The predicted molar refractivity (Wildman–Crippen MR) is 76.9 cm³/mol. The molecule has 2 atom stereocenters. The van der Waals surface area contributed by atoms with Gasteiger partial charge >= 0.3 is 0 Å². The number of amides is 1. The second kappa shape index (κ2) is 5.92. The number of nitrogens with one attached hydrogen (secondary N) is 1. The molecule has 7 heteroatoms. The Kier molecular flexibility index (Phi) is 3.96. The van der Waals surface area contributed by atoms with Gasteiger partial charge in [-0.25, -0.2) is 8.78 Å². The maximum absolute atomic E-state index is 14.0. The number of aromatic nitrogens is 1. The monoisotopic (exact) mass is 320 g/mol. The molecule has 0 saturated carbocycles. The lowest BCUT2D eigenvalue weighted by Gasteiger charge is -2.24. The van der Waals surface area contributed by atoms with E-state index in [1.54, 1.807) is 0 Å². The summed E-state index contributed by atoms with van der Waals surface area (Å²) in [5.74, 6) is -1.73. The van der Waals surface area contributed by atoms with Crippen LogP contribution < -0.4 is 0 Å². The summed E-state index contributed by atoms with van der Waals surface area (Å²) in [5, 5.41) is 9.86. The lowest BCUT2D eigenvalue weighted by molar-refractivity contribution is 0.0708. The molecule has 3 rings (SSSR count). The molecule has 0 bridgehead atoms. The minimum absolute atomic E-state index is 0.00883. The smallest absolute Gasteiger partial charge is 0.270 e. The Hall–Kier alpha value is -2.54. The molecule has 1 aliphatic heterocycles. The average molecular weight is 320 g/mol. The number of β-amino-alcohol motifs (C(OH)–C–C–N with tert-alkyl or cyclic N) is 1. The van der Waals surface area contributed by atoms with Crippen molar-refractivity contribution in [2.24, 2.45) is 0 Å². The van der Waals surface area contributed by atoms with Crippen LogP contribution in [-0.2, 0) is 0 Å². The number of hydrogen-bond donors (Lipinski definition) is 2. The van der Waals surface area contributed by atoms with Crippen LogP contribution in [0.25, 0.3) is 0 Å². The number of nitrogens with zero attached hydrogens (tertiary/aromatic N) is 1. The summed E-state index contributed by atoms with van der Waals surface area (Å²) in [6, 6.07) is 5.15. The van der Waals surface area contributed by atoms with E-state index in [9.17, 15) is 23.5 Å². The van der Waals surface area contributed by atoms with Gasteiger partial charge in [-0.05, 0) is 36.8 Å². The summed E-state index contributed by atoms with van der Waals surface area (Å²) in [6.07, 6.45) is -0.140. The molecule has 120 valence electrons. The maximum atomic E-state index is 14.0. The number of aldehydes is 1. The van der Waals surface area contributed by atoms with Crippen molar-refractivity contribution in [1.29, 1.82) is 0 Å². The second-order valence-electron chi connectivity index (χ2n) is 5.47. The molecule has 1 aromatic carbocycles. The van der Waals surface area contributed by atoms with E-state index in [0.29, 0.717) is 6.29 Å². The van der Waals surface area contributed by atoms with Crippen LogP contribution in [0.1, 0.15) is 39.0 Å². The molecule has 0 radical (unpaired) electrons. The Morgan fingerprint density at radius 2 is 2.09 bits per heavy atom. The number of rotatable bonds is 3. The second-order valence-corrected chi connectivity index (χ2v) is 5.47. The van der Waals surface area contributed by atoms with Crippen molar-refractivity contribution in [1.82, 2.24) is 9.88 Å². The third kappa shape index (κ3) is 2.87. The number of H-pyrrole nitrogens is 1. The summed E-state index contributed by atoms with van der Waals surface area (Å²) in [7, 11) is 0. The van der Waals surface area contributed by atoms with E-state index in [4.69, 9.17) is 0 Å². The van der Waals surface area contributed by atoms with Crippen molar-refractivity contribution in [2.75, 3.05) is 6.54 Å². The minimum atomic E-state index is -0.827. The third-order valence-electron chi connectivity index (χ3n) is 3.92. The zero-order chi connectivity index (χ0) is 16.6. The first-order chi connectivity index (χ1) is 11.0. The van der Waals surface area contributed by atoms with Gasteiger partial charge in [0.05, 0.1) is 17.8 Å². The zero-order valence-corrected chi connectivity index (χ0v) is 12.0. The van der Waals surface area contributed by atoms with Gasteiger partial charge in [0.25, 0.3) is 5.91 Å². The van der Waals surface area contributed by atoms with E-state index in [1.807, 2.05) is 0 Å². The van der Waals surface area contributed by atoms with E-state index >= 15 is 0 Å². The minimum Gasteiger partial charge on any atom is -0.391 e. The van der Waals surface area contributed by atoms with Crippen molar-refractivity contribution >= 4 is 12.2 Å². The van der Waals surface area contributed by atoms with E-state index in [2.05, 4.69) is 4.98 Å². The lowest BCUT2D eigenvalue weighted by Crippen LogP contribution is -2.32. The number of carbonyl (C=O) groups is 2. The number of halogens is 2. The molecule has 0 aliphatic carbocycles. The van der Waals surface area contributed by atoms with Crippen LogP contribution in [0.2, 0.25) is 0 Å². The van der Waals surface area contributed by atoms with Crippen molar-refractivity contribution in [3.05, 3.63) is 58.9 Å². The van der Waals surface area contributed by atoms with Crippen molar-refractivity contribution in [2.45, 2.75) is 18.6 Å². The molecule has 0 spiro atoms. The number of aliphatic hydroxyl groups excluding tert-OH is 1. The number of aliphatic hydroxyl groups is 1. The first-order valence-corrected chi connectivity index (χ1v) is 7.07. The molecule has 23 heavy (non-hydrogen) atoms. The van der Waals surface area contributed by atoms with E-state index in [-0.39, 0.29) is 29.9 Å². The van der Waals surface area contributed by atoms with E-state index in [0.717, 1.165) is 18.2 Å². The van der Waals surface area contributed by atoms with Gasteiger partial charge in [0.2, 0.25) is 0 Å². The van der Waals surface area contributed by atoms with E-state index in [1.165, 1.54) is 17.0 Å². The van der Waals surface area contributed by atoms with Gasteiger partial charge in [0.15, 0.2) is 6.29 Å². The zero-order valence-electron chi connectivity index (χ0n) is 12.0. The fourth-order valence-corrected chi connectivity index (χ4v) is 2.86. The van der Waals surface area contributed by atoms with Gasteiger partial charge in [0, 0.05) is 12.1 Å². The van der Waals surface area contributed by atoms with Crippen LogP contribution >= 0.6 is 0 Å². The Morgan fingerprint density at radius 1 is 1.30 bits per heavy atom. The normalized spacial score (nSPS) is 20.7. The van der Waals surface area contributed by atoms with Crippen LogP contribution in [0, 0.1) is 11.6 Å². The molecule has 2 N–H and O–H groups in total. The Balaban J connectivity index is 1.94. The van der Waals surface area contributed by atoms with Crippen molar-refractivity contribution in [3.8, 4) is 0 Å². The highest BCUT2D eigenvalue weighted by molar-refractivity contribution is 5.94. The van der Waals surface area contributed by atoms with Crippen molar-refractivity contribution in [3.63, 3.8) is 0 Å². The largest absolute Gasteiger partial charge is 0.391 e. The fourth-order valence-electron chi connectivity index (χ4n) is 2.86. The quantitative estimate of drug-likeness (QED) is 0.850. The summed E-state index contributed by atoms with van der Waals surface area (Å²) < 4.78 is 27.4. The van der Waals surface area contributed by atoms with Gasteiger partial charge in [-0.2, -0.15) is 0 Å². The SMILES string of the molecule is O=Cc1ccc(C(=O)N2CC(O)CC2c2cc(F)ccc2F)[nH]1. The van der Waals surface area contributed by atoms with Gasteiger partial charge < -0.3 is 15.0 Å². The van der Waals surface area contributed by atoms with Gasteiger partial charge in [-0.3, -0.25) is 9.59 Å². The van der Waals surface area contributed by atoms with Gasteiger partial charge in [-0.1, -0.05) is 0 Å². The number of hydrogen-bond acceptors (Lipinski definition) is 3. The summed E-state index contributed by atoms with van der Waals surface area (Å²) >= 11 is 0. The van der Waals surface area contributed by atoms with Crippen LogP contribution in [-0.4, -0.2) is 39.8 Å². The molecule has 1 aromatic heterocycles. The van der Waals surface area contributed by atoms with Gasteiger partial charge in [-0.15, -0.1) is 0 Å². The van der Waals surface area contributed by atoms with Crippen LogP contribution in [0.5, 0.6) is 0 Å². The predicted octanol–water partition coefficient (Wildman–Crippen LogP) is 2.05. The van der Waals surface area contributed by atoms with Crippen molar-refractivity contribution < 1.29 is 23.5 Å². The molecular formula is C16H14F2N2O3. The highest BCUT2D eigenvalue weighted by atomic mass is 19.1. The number of likely N-dealkylation sites (tertiary alicyclic amines) is 1. The molecule has 1 fully saturated rings. The Labute approximate surface area is 130 Å². The molecule has 1 aliphatic rings. The first kappa shape index (κ1) is 15.4. The molecule has 5 nitrogen and oxygen atoms in total. The maximum Gasteiger partial charge on any atom is 0.270 e. The number of benzene rings is 1. The average Bonchev–Trinajstić information content (AvgIpc) is 3.15. The van der Waals surface area contributed by atoms with Crippen LogP contribution in [0.15, 0.2) is 30.3 Å². The number of carbonyl (C=O) groups excluding carboxylic acids is 2. The first-order valence-electron chi connectivity index (χ1n) is 7.07. The topological polar surface area (TPSA) is 73.4 Å². The fraction of sp³-hybridized carbons (Fsp3) is 0.250. The molecule has 1 saturated heterocycles. The number of aromatic amines is 1. The van der Waals surface area contributed by atoms with E-state index < -0.39 is 29.7 Å². The molecule has 2 aromatic rings. The summed E-state index contributed by atoms with van der Waals surface area (Å²) in [6.45, 7) is 0.00883. The molecular weight excluding hydrogens is 306 g/mol. The molecule has 2 unspecified atom stereocenters. The summed E-state index contributed by atoms with van der Waals surface area (Å²) in [5.41, 5.74) is 0.418. The highest BCUT2D eigenvalue weighted by Gasteiger charge is 2.37. The standard InChI is InChI=1S/C16H14F2N2O3/c17-9-1-3-13(18)12(5-9)15-6-11(22)7-20(15)16(23)14-4-2-10(8-21)19-14/h1-5,8,11,15,19,22H,6-7H2. The molecule has 1 amide bonds.